The van der Waals surface area contributed by atoms with Crippen molar-refractivity contribution in [2.24, 2.45) is 0 Å². The molecule has 154 valence electrons. The summed E-state index contributed by atoms with van der Waals surface area (Å²) in [5.41, 5.74) is 2.47. The molecule has 1 aliphatic rings. The molecule has 5 nitrogen and oxygen atoms in total. The molecule has 0 radical (unpaired) electrons. The number of carbonyl (C=O) groups excluding carboxylic acids is 1. The Morgan fingerprint density at radius 1 is 1.03 bits per heavy atom. The standard InChI is InChI=1S/C25H26N2O3/c28-25(23-13-4-5-14-24(23)30-19-20-9-2-1-3-10-20)27(18-22-12-8-16-29-22)17-21-11-6-7-15-26-21/h1-7,9-11,13-15,22H,8,12,16-19H2. The van der Waals surface area contributed by atoms with Crippen molar-refractivity contribution in [1.29, 1.82) is 0 Å². The van der Waals surface area contributed by atoms with Crippen molar-refractivity contribution >= 4 is 5.91 Å². The number of ether oxygens (including phenoxy) is 2. The molecule has 1 amide bonds. The molecule has 1 fully saturated rings. The maximum absolute atomic E-state index is 13.5. The Morgan fingerprint density at radius 3 is 2.60 bits per heavy atom. The van der Waals surface area contributed by atoms with E-state index in [9.17, 15) is 4.79 Å². The third-order valence-corrected chi connectivity index (χ3v) is 5.17. The monoisotopic (exact) mass is 402 g/mol. The molecule has 2 aromatic carbocycles. The average Bonchev–Trinajstić information content (AvgIpc) is 3.32. The number of carbonyl (C=O) groups is 1. The zero-order chi connectivity index (χ0) is 20.6. The maximum atomic E-state index is 13.5. The van der Waals surface area contributed by atoms with Crippen molar-refractivity contribution in [3.63, 3.8) is 0 Å². The zero-order valence-corrected chi connectivity index (χ0v) is 16.9. The predicted molar refractivity (Wildman–Crippen MR) is 115 cm³/mol. The fourth-order valence-electron chi connectivity index (χ4n) is 3.62. The quantitative estimate of drug-likeness (QED) is 0.557. The van der Waals surface area contributed by atoms with Crippen LogP contribution in [0, 0.1) is 0 Å². The first-order valence-corrected chi connectivity index (χ1v) is 10.4. The van der Waals surface area contributed by atoms with Gasteiger partial charge in [-0.1, -0.05) is 48.5 Å². The summed E-state index contributed by atoms with van der Waals surface area (Å²) in [5.74, 6) is 0.518. The first-order chi connectivity index (χ1) is 14.8. The Hall–Kier alpha value is -3.18. The van der Waals surface area contributed by atoms with Gasteiger partial charge in [-0.15, -0.1) is 0 Å². The lowest BCUT2D eigenvalue weighted by atomic mass is 10.1. The van der Waals surface area contributed by atoms with E-state index in [1.807, 2.05) is 77.7 Å². The number of benzene rings is 2. The van der Waals surface area contributed by atoms with Crippen LogP contribution in [0.25, 0.3) is 0 Å². The normalized spacial score (nSPS) is 15.7. The molecule has 0 bridgehead atoms. The minimum Gasteiger partial charge on any atom is -0.488 e. The first-order valence-electron chi connectivity index (χ1n) is 10.4. The van der Waals surface area contributed by atoms with Crippen LogP contribution in [0.5, 0.6) is 5.75 Å². The van der Waals surface area contributed by atoms with Gasteiger partial charge < -0.3 is 14.4 Å². The largest absolute Gasteiger partial charge is 0.488 e. The third kappa shape index (κ3) is 5.24. The van der Waals surface area contributed by atoms with Gasteiger partial charge >= 0.3 is 0 Å². The lowest BCUT2D eigenvalue weighted by Crippen LogP contribution is -2.37. The van der Waals surface area contributed by atoms with Crippen LogP contribution in [-0.2, 0) is 17.9 Å². The highest BCUT2D eigenvalue weighted by atomic mass is 16.5. The van der Waals surface area contributed by atoms with E-state index in [0.29, 0.717) is 31.0 Å². The lowest BCUT2D eigenvalue weighted by molar-refractivity contribution is 0.0501. The fourth-order valence-corrected chi connectivity index (χ4v) is 3.62. The number of para-hydroxylation sites is 1. The zero-order valence-electron chi connectivity index (χ0n) is 16.9. The average molecular weight is 402 g/mol. The van der Waals surface area contributed by atoms with Gasteiger partial charge in [0.05, 0.1) is 23.9 Å². The van der Waals surface area contributed by atoms with E-state index in [1.54, 1.807) is 6.20 Å². The molecule has 1 saturated heterocycles. The van der Waals surface area contributed by atoms with Crippen molar-refractivity contribution in [1.82, 2.24) is 9.88 Å². The van der Waals surface area contributed by atoms with Gasteiger partial charge in [0.15, 0.2) is 0 Å². The van der Waals surface area contributed by atoms with Gasteiger partial charge in [0.2, 0.25) is 0 Å². The van der Waals surface area contributed by atoms with E-state index >= 15 is 0 Å². The number of aromatic nitrogens is 1. The number of amides is 1. The molecule has 1 unspecified atom stereocenters. The Labute approximate surface area is 177 Å². The van der Waals surface area contributed by atoms with Gasteiger partial charge in [-0.2, -0.15) is 0 Å². The third-order valence-electron chi connectivity index (χ3n) is 5.17. The summed E-state index contributed by atoms with van der Waals surface area (Å²) < 4.78 is 11.8. The molecule has 0 saturated carbocycles. The molecule has 1 atom stereocenters. The smallest absolute Gasteiger partial charge is 0.258 e. The summed E-state index contributed by atoms with van der Waals surface area (Å²) >= 11 is 0. The van der Waals surface area contributed by atoms with E-state index in [0.717, 1.165) is 30.7 Å². The molecular weight excluding hydrogens is 376 g/mol. The van der Waals surface area contributed by atoms with E-state index in [-0.39, 0.29) is 12.0 Å². The lowest BCUT2D eigenvalue weighted by Gasteiger charge is -2.26. The van der Waals surface area contributed by atoms with Crippen LogP contribution >= 0.6 is 0 Å². The molecule has 0 aliphatic carbocycles. The Balaban J connectivity index is 1.54. The summed E-state index contributed by atoms with van der Waals surface area (Å²) in [5, 5.41) is 0. The SMILES string of the molecule is O=C(c1ccccc1OCc1ccccc1)N(Cc1ccccn1)CC1CCCO1. The van der Waals surface area contributed by atoms with Crippen molar-refractivity contribution in [3.8, 4) is 5.75 Å². The molecule has 30 heavy (non-hydrogen) atoms. The van der Waals surface area contributed by atoms with E-state index in [2.05, 4.69) is 4.98 Å². The Kier molecular flexibility index (Phi) is 6.72. The second-order valence-corrected chi connectivity index (χ2v) is 7.41. The summed E-state index contributed by atoms with van der Waals surface area (Å²) in [4.78, 5) is 19.8. The van der Waals surface area contributed by atoms with Gasteiger partial charge in [0.25, 0.3) is 5.91 Å². The van der Waals surface area contributed by atoms with Crippen molar-refractivity contribution in [2.75, 3.05) is 13.2 Å². The minimum atomic E-state index is -0.0696. The molecule has 1 aliphatic heterocycles. The number of hydrogen-bond donors (Lipinski definition) is 0. The Morgan fingerprint density at radius 2 is 1.83 bits per heavy atom. The molecule has 3 aromatic rings. The Bertz CT molecular complexity index is 941. The number of pyridine rings is 1. The van der Waals surface area contributed by atoms with Crippen molar-refractivity contribution in [3.05, 3.63) is 95.8 Å². The van der Waals surface area contributed by atoms with E-state index in [1.165, 1.54) is 0 Å². The first kappa shape index (κ1) is 20.1. The van der Waals surface area contributed by atoms with Gasteiger partial charge in [-0.3, -0.25) is 9.78 Å². The summed E-state index contributed by atoms with van der Waals surface area (Å²) in [6.07, 6.45) is 3.82. The predicted octanol–water partition coefficient (Wildman–Crippen LogP) is 4.48. The van der Waals surface area contributed by atoms with Gasteiger partial charge in [0, 0.05) is 19.3 Å². The van der Waals surface area contributed by atoms with Gasteiger partial charge in [-0.25, -0.2) is 0 Å². The van der Waals surface area contributed by atoms with Crippen molar-refractivity contribution in [2.45, 2.75) is 32.1 Å². The highest BCUT2D eigenvalue weighted by Gasteiger charge is 2.25. The summed E-state index contributed by atoms with van der Waals surface area (Å²) in [7, 11) is 0. The van der Waals surface area contributed by atoms with Crippen LogP contribution in [-0.4, -0.2) is 35.0 Å². The van der Waals surface area contributed by atoms with E-state index in [4.69, 9.17) is 9.47 Å². The van der Waals surface area contributed by atoms with Crippen molar-refractivity contribution < 1.29 is 14.3 Å². The number of rotatable bonds is 8. The highest BCUT2D eigenvalue weighted by Crippen LogP contribution is 2.23. The van der Waals surface area contributed by atoms with Crippen LogP contribution in [0.1, 0.15) is 34.5 Å². The van der Waals surface area contributed by atoms with Gasteiger partial charge in [0.1, 0.15) is 12.4 Å². The van der Waals surface area contributed by atoms with Crippen LogP contribution in [0.3, 0.4) is 0 Å². The molecule has 5 heteroatoms. The van der Waals surface area contributed by atoms with E-state index < -0.39 is 0 Å². The maximum Gasteiger partial charge on any atom is 0.258 e. The van der Waals surface area contributed by atoms with Crippen LogP contribution < -0.4 is 4.74 Å². The fraction of sp³-hybridized carbons (Fsp3) is 0.280. The molecule has 0 N–H and O–H groups in total. The van der Waals surface area contributed by atoms with Gasteiger partial charge in [-0.05, 0) is 42.7 Å². The van der Waals surface area contributed by atoms with Crippen LogP contribution in [0.15, 0.2) is 79.0 Å². The minimum absolute atomic E-state index is 0.0649. The molecule has 4 rings (SSSR count). The second kappa shape index (κ2) is 10.0. The topological polar surface area (TPSA) is 51.7 Å². The molecule has 2 heterocycles. The molecule has 0 spiro atoms. The van der Waals surface area contributed by atoms with Crippen LogP contribution in [0.4, 0.5) is 0 Å². The molecular formula is C25H26N2O3. The highest BCUT2D eigenvalue weighted by molar-refractivity contribution is 5.97. The summed E-state index contributed by atoms with van der Waals surface area (Å²) in [6, 6.07) is 23.1. The number of hydrogen-bond acceptors (Lipinski definition) is 4. The molecule has 1 aromatic heterocycles. The van der Waals surface area contributed by atoms with Crippen LogP contribution in [0.2, 0.25) is 0 Å². The second-order valence-electron chi connectivity index (χ2n) is 7.41. The number of nitrogens with zero attached hydrogens (tertiary/aromatic N) is 2. The summed E-state index contributed by atoms with van der Waals surface area (Å²) in [6.45, 7) is 2.15.